The molecule has 13 heavy (non-hydrogen) atoms. The van der Waals surface area contributed by atoms with Gasteiger partial charge in [0, 0.05) is 0 Å². The normalized spacial score (nSPS) is 18.4. The molecule has 0 aliphatic heterocycles. The van der Waals surface area contributed by atoms with Crippen LogP contribution in [0.1, 0.15) is 54.4 Å². The first kappa shape index (κ1) is 12.7. The Morgan fingerprint density at radius 1 is 1.31 bits per heavy atom. The third kappa shape index (κ3) is 3.54. The zero-order chi connectivity index (χ0) is 10.6. The maximum atomic E-state index is 4.11. The molecule has 0 aliphatic rings. The van der Waals surface area contributed by atoms with Crippen LogP contribution < -0.4 is 0 Å². The summed E-state index contributed by atoms with van der Waals surface area (Å²) < 4.78 is 0. The van der Waals surface area contributed by atoms with Gasteiger partial charge in [0.1, 0.15) is 0 Å². The Kier molecular flexibility index (Phi) is 4.74. The molecule has 0 spiro atoms. The molecule has 0 aromatic carbocycles. The highest BCUT2D eigenvalue weighted by molar-refractivity contribution is 5.05. The predicted molar refractivity (Wildman–Crippen MR) is 61.8 cm³/mol. The van der Waals surface area contributed by atoms with Gasteiger partial charge in [-0.15, -0.1) is 0 Å². The first-order valence-electron chi connectivity index (χ1n) is 5.49. The van der Waals surface area contributed by atoms with Crippen LogP contribution in [-0.4, -0.2) is 0 Å². The Morgan fingerprint density at radius 3 is 2.00 bits per heavy atom. The van der Waals surface area contributed by atoms with Gasteiger partial charge in [-0.2, -0.15) is 0 Å². The molecule has 2 atom stereocenters. The number of allylic oxidation sites excluding steroid dienone is 1. The lowest BCUT2D eigenvalue weighted by Gasteiger charge is -2.33. The van der Waals surface area contributed by atoms with Crippen molar-refractivity contribution in [1.29, 1.82) is 0 Å². The maximum absolute atomic E-state index is 4.11. The molecule has 0 saturated carbocycles. The molecule has 0 amide bonds. The van der Waals surface area contributed by atoms with Crippen molar-refractivity contribution in [1.82, 2.24) is 0 Å². The topological polar surface area (TPSA) is 0 Å². The summed E-state index contributed by atoms with van der Waals surface area (Å²) in [7, 11) is 0. The SMILES string of the molecule is C=C(C)C(C)(CC)CC(C)C(C)C. The molecule has 2 unspecified atom stereocenters. The van der Waals surface area contributed by atoms with Crippen molar-refractivity contribution in [3.05, 3.63) is 12.2 Å². The molecule has 0 N–H and O–H groups in total. The van der Waals surface area contributed by atoms with Crippen LogP contribution in [0, 0.1) is 17.3 Å². The smallest absolute Gasteiger partial charge is 0.0122 e. The molecule has 0 fully saturated rings. The summed E-state index contributed by atoms with van der Waals surface area (Å²) in [5.41, 5.74) is 1.69. The minimum atomic E-state index is 0.351. The Balaban J connectivity index is 4.36. The van der Waals surface area contributed by atoms with Gasteiger partial charge in [-0.25, -0.2) is 0 Å². The molecule has 0 rings (SSSR count). The summed E-state index contributed by atoms with van der Waals surface area (Å²) in [6.45, 7) is 17.8. The van der Waals surface area contributed by atoms with Crippen molar-refractivity contribution in [3.8, 4) is 0 Å². The quantitative estimate of drug-likeness (QED) is 0.542. The van der Waals surface area contributed by atoms with Crippen LogP contribution in [0.4, 0.5) is 0 Å². The standard InChI is InChI=1S/C13H26/c1-8-13(7,11(4)5)9-12(6)10(2)3/h10,12H,4,8-9H2,1-3,5-7H3. The predicted octanol–water partition coefficient (Wildman–Crippen LogP) is 4.66. The van der Waals surface area contributed by atoms with E-state index in [4.69, 9.17) is 0 Å². The zero-order valence-electron chi connectivity index (χ0n) is 10.3. The van der Waals surface area contributed by atoms with Gasteiger partial charge in [0.2, 0.25) is 0 Å². The second-order valence-electron chi connectivity index (χ2n) is 5.12. The van der Waals surface area contributed by atoms with Gasteiger partial charge in [-0.05, 0) is 37.0 Å². The van der Waals surface area contributed by atoms with Gasteiger partial charge in [0.15, 0.2) is 0 Å². The summed E-state index contributed by atoms with van der Waals surface area (Å²) in [6, 6.07) is 0. The molecule has 0 aromatic heterocycles. The van der Waals surface area contributed by atoms with Gasteiger partial charge in [0.05, 0.1) is 0 Å². The Morgan fingerprint density at radius 2 is 1.77 bits per heavy atom. The summed E-state index contributed by atoms with van der Waals surface area (Å²) in [6.07, 6.45) is 2.48. The van der Waals surface area contributed by atoms with Crippen molar-refractivity contribution in [2.24, 2.45) is 17.3 Å². The van der Waals surface area contributed by atoms with E-state index in [0.717, 1.165) is 11.8 Å². The number of rotatable bonds is 5. The molecule has 0 heterocycles. The van der Waals surface area contributed by atoms with E-state index < -0.39 is 0 Å². The van der Waals surface area contributed by atoms with Crippen LogP contribution >= 0.6 is 0 Å². The monoisotopic (exact) mass is 182 g/mol. The van der Waals surface area contributed by atoms with E-state index in [1.54, 1.807) is 0 Å². The third-order valence-corrected chi connectivity index (χ3v) is 3.72. The Bertz CT molecular complexity index is 167. The van der Waals surface area contributed by atoms with Crippen molar-refractivity contribution in [3.63, 3.8) is 0 Å². The molecule has 0 nitrogen and oxygen atoms in total. The lowest BCUT2D eigenvalue weighted by molar-refractivity contribution is 0.249. The van der Waals surface area contributed by atoms with Crippen molar-refractivity contribution in [2.75, 3.05) is 0 Å². The van der Waals surface area contributed by atoms with Gasteiger partial charge in [-0.3, -0.25) is 0 Å². The molecule has 0 aliphatic carbocycles. The third-order valence-electron chi connectivity index (χ3n) is 3.72. The molecule has 78 valence electrons. The fraction of sp³-hybridized carbons (Fsp3) is 0.846. The second-order valence-corrected chi connectivity index (χ2v) is 5.12. The molecule has 0 radical (unpaired) electrons. The van der Waals surface area contributed by atoms with Crippen LogP contribution in [0.2, 0.25) is 0 Å². The highest BCUT2D eigenvalue weighted by Gasteiger charge is 2.26. The molecular formula is C13H26. The fourth-order valence-electron chi connectivity index (χ4n) is 1.57. The lowest BCUT2D eigenvalue weighted by Crippen LogP contribution is -2.22. The van der Waals surface area contributed by atoms with Gasteiger partial charge in [0.25, 0.3) is 0 Å². The van der Waals surface area contributed by atoms with Gasteiger partial charge >= 0.3 is 0 Å². The average molecular weight is 182 g/mol. The lowest BCUT2D eigenvalue weighted by atomic mass is 9.72. The molecule has 0 saturated heterocycles. The average Bonchev–Trinajstić information content (AvgIpc) is 2.03. The molecular weight excluding hydrogens is 156 g/mol. The van der Waals surface area contributed by atoms with Crippen molar-refractivity contribution in [2.45, 2.75) is 54.4 Å². The van der Waals surface area contributed by atoms with Gasteiger partial charge < -0.3 is 0 Å². The Hall–Kier alpha value is -0.260. The van der Waals surface area contributed by atoms with E-state index in [1.165, 1.54) is 18.4 Å². The van der Waals surface area contributed by atoms with Crippen molar-refractivity contribution < 1.29 is 0 Å². The van der Waals surface area contributed by atoms with Crippen LogP contribution in [-0.2, 0) is 0 Å². The van der Waals surface area contributed by atoms with Crippen LogP contribution in [0.25, 0.3) is 0 Å². The van der Waals surface area contributed by atoms with Crippen molar-refractivity contribution >= 4 is 0 Å². The summed E-state index contributed by atoms with van der Waals surface area (Å²) >= 11 is 0. The van der Waals surface area contributed by atoms with E-state index in [9.17, 15) is 0 Å². The van der Waals surface area contributed by atoms with E-state index in [0.29, 0.717) is 5.41 Å². The van der Waals surface area contributed by atoms with E-state index in [1.807, 2.05) is 0 Å². The molecule has 0 bridgehead atoms. The van der Waals surface area contributed by atoms with E-state index in [2.05, 4.69) is 48.1 Å². The van der Waals surface area contributed by atoms with Gasteiger partial charge in [-0.1, -0.05) is 46.8 Å². The first-order chi connectivity index (χ1) is 5.83. The number of hydrogen-bond donors (Lipinski definition) is 0. The fourth-order valence-corrected chi connectivity index (χ4v) is 1.57. The highest BCUT2D eigenvalue weighted by atomic mass is 14.3. The highest BCUT2D eigenvalue weighted by Crippen LogP contribution is 2.38. The Labute approximate surface area is 84.4 Å². The molecule has 0 aromatic rings. The van der Waals surface area contributed by atoms with E-state index >= 15 is 0 Å². The minimum Gasteiger partial charge on any atom is -0.0996 e. The minimum absolute atomic E-state index is 0.351. The van der Waals surface area contributed by atoms with Crippen LogP contribution in [0.5, 0.6) is 0 Å². The molecule has 0 heteroatoms. The van der Waals surface area contributed by atoms with Crippen LogP contribution in [0.3, 0.4) is 0 Å². The zero-order valence-corrected chi connectivity index (χ0v) is 10.3. The number of hydrogen-bond acceptors (Lipinski definition) is 0. The summed E-state index contributed by atoms with van der Waals surface area (Å²) in [5, 5.41) is 0. The summed E-state index contributed by atoms with van der Waals surface area (Å²) in [5.74, 6) is 1.58. The maximum Gasteiger partial charge on any atom is -0.0122 e. The second kappa shape index (κ2) is 4.83. The largest absolute Gasteiger partial charge is 0.0996 e. The van der Waals surface area contributed by atoms with E-state index in [-0.39, 0.29) is 0 Å². The van der Waals surface area contributed by atoms with Crippen LogP contribution in [0.15, 0.2) is 12.2 Å². The summed E-state index contributed by atoms with van der Waals surface area (Å²) in [4.78, 5) is 0. The first-order valence-corrected chi connectivity index (χ1v) is 5.49.